The van der Waals surface area contributed by atoms with E-state index in [0.29, 0.717) is 12.1 Å². The molecule has 1 fully saturated rings. The zero-order valence-corrected chi connectivity index (χ0v) is 11.5. The van der Waals surface area contributed by atoms with E-state index in [0.717, 1.165) is 17.4 Å². The van der Waals surface area contributed by atoms with Gasteiger partial charge in [0.25, 0.3) is 0 Å². The van der Waals surface area contributed by atoms with Crippen molar-refractivity contribution in [2.24, 2.45) is 5.92 Å². The van der Waals surface area contributed by atoms with Crippen LogP contribution in [0.25, 0.3) is 0 Å². The minimum absolute atomic E-state index is 0.500. The normalized spacial score (nSPS) is 19.0. The van der Waals surface area contributed by atoms with Gasteiger partial charge in [-0.05, 0) is 50.2 Å². The van der Waals surface area contributed by atoms with Crippen LogP contribution in [0.5, 0.6) is 0 Å². The van der Waals surface area contributed by atoms with Crippen LogP contribution in [0.1, 0.15) is 38.7 Å². The van der Waals surface area contributed by atoms with Crippen molar-refractivity contribution in [2.75, 3.05) is 0 Å². The number of nitrogens with one attached hydrogen (secondary N) is 1. The molecule has 2 heteroatoms. The summed E-state index contributed by atoms with van der Waals surface area (Å²) in [6.07, 6.45) is 5.06. The first-order chi connectivity index (χ1) is 8.20. The predicted molar refractivity (Wildman–Crippen MR) is 74.6 cm³/mol. The van der Waals surface area contributed by atoms with Gasteiger partial charge >= 0.3 is 0 Å². The molecule has 1 nitrogen and oxygen atoms in total. The molecular weight excluding hydrogens is 230 g/mol. The fourth-order valence-electron chi connectivity index (χ4n) is 2.50. The van der Waals surface area contributed by atoms with Crippen molar-refractivity contribution in [2.45, 2.75) is 51.6 Å². The summed E-state index contributed by atoms with van der Waals surface area (Å²) in [6, 6.07) is 9.35. The van der Waals surface area contributed by atoms with Gasteiger partial charge < -0.3 is 5.32 Å². The van der Waals surface area contributed by atoms with Gasteiger partial charge in [-0.2, -0.15) is 0 Å². The molecule has 1 aromatic rings. The second kappa shape index (κ2) is 5.88. The Hall–Kier alpha value is -0.530. The first-order valence-electron chi connectivity index (χ1n) is 6.70. The Morgan fingerprint density at radius 3 is 2.65 bits per heavy atom. The molecule has 2 rings (SSSR count). The minimum Gasteiger partial charge on any atom is -0.311 e. The second-order valence-electron chi connectivity index (χ2n) is 5.22. The van der Waals surface area contributed by atoms with Gasteiger partial charge in [-0.3, -0.25) is 0 Å². The van der Waals surface area contributed by atoms with Crippen LogP contribution < -0.4 is 5.32 Å². The van der Waals surface area contributed by atoms with E-state index < -0.39 is 0 Å². The number of hydrogen-bond donors (Lipinski definition) is 1. The van der Waals surface area contributed by atoms with Crippen molar-refractivity contribution in [3.05, 3.63) is 34.9 Å². The first kappa shape index (κ1) is 12.9. The highest BCUT2D eigenvalue weighted by molar-refractivity contribution is 6.31. The highest BCUT2D eigenvalue weighted by Gasteiger charge is 2.30. The molecule has 0 amide bonds. The van der Waals surface area contributed by atoms with Crippen LogP contribution in [-0.4, -0.2) is 12.1 Å². The third-order valence-corrected chi connectivity index (χ3v) is 3.98. The molecule has 1 aliphatic carbocycles. The summed E-state index contributed by atoms with van der Waals surface area (Å²) in [5, 5.41) is 4.64. The van der Waals surface area contributed by atoms with Crippen molar-refractivity contribution < 1.29 is 0 Å². The molecule has 2 unspecified atom stereocenters. The van der Waals surface area contributed by atoms with E-state index in [1.807, 2.05) is 12.1 Å². The zero-order valence-electron chi connectivity index (χ0n) is 10.7. The van der Waals surface area contributed by atoms with E-state index in [1.54, 1.807) is 0 Å². The van der Waals surface area contributed by atoms with E-state index in [-0.39, 0.29) is 0 Å². The fraction of sp³-hybridized carbons (Fsp3) is 0.600. The Bertz CT molecular complexity index is 360. The molecule has 0 radical (unpaired) electrons. The van der Waals surface area contributed by atoms with E-state index in [9.17, 15) is 0 Å². The molecule has 0 heterocycles. The van der Waals surface area contributed by atoms with Crippen molar-refractivity contribution >= 4 is 11.6 Å². The van der Waals surface area contributed by atoms with Crippen molar-refractivity contribution in [1.82, 2.24) is 5.32 Å². The standard InChI is InChI=1S/C15H22ClN/c1-3-15(12-8-9-12)17-11(2)10-13-6-4-5-7-14(13)16/h4-7,11-12,15,17H,3,8-10H2,1-2H3. The summed E-state index contributed by atoms with van der Waals surface area (Å²) in [6.45, 7) is 4.53. The average Bonchev–Trinajstić information content (AvgIpc) is 3.13. The van der Waals surface area contributed by atoms with Crippen LogP contribution in [0.15, 0.2) is 24.3 Å². The molecule has 2 atom stereocenters. The lowest BCUT2D eigenvalue weighted by atomic mass is 10.0. The minimum atomic E-state index is 0.500. The van der Waals surface area contributed by atoms with Crippen LogP contribution >= 0.6 is 11.6 Å². The molecule has 0 saturated heterocycles. The number of halogens is 1. The first-order valence-corrected chi connectivity index (χ1v) is 7.08. The molecule has 1 aliphatic rings. The Kier molecular flexibility index (Phi) is 4.47. The van der Waals surface area contributed by atoms with Gasteiger partial charge in [-0.25, -0.2) is 0 Å². The van der Waals surface area contributed by atoms with Gasteiger partial charge in [0.15, 0.2) is 0 Å². The van der Waals surface area contributed by atoms with E-state index in [1.165, 1.54) is 24.8 Å². The van der Waals surface area contributed by atoms with E-state index >= 15 is 0 Å². The van der Waals surface area contributed by atoms with Crippen molar-refractivity contribution in [3.8, 4) is 0 Å². The van der Waals surface area contributed by atoms with Gasteiger partial charge in [0.2, 0.25) is 0 Å². The number of benzene rings is 1. The largest absolute Gasteiger partial charge is 0.311 e. The lowest BCUT2D eigenvalue weighted by Crippen LogP contribution is -2.38. The summed E-state index contributed by atoms with van der Waals surface area (Å²) in [5.41, 5.74) is 1.25. The summed E-state index contributed by atoms with van der Waals surface area (Å²) >= 11 is 6.19. The Labute approximate surface area is 110 Å². The molecule has 0 aliphatic heterocycles. The molecule has 17 heavy (non-hydrogen) atoms. The maximum absolute atomic E-state index is 6.19. The van der Waals surface area contributed by atoms with Crippen LogP contribution in [0, 0.1) is 5.92 Å². The van der Waals surface area contributed by atoms with Crippen molar-refractivity contribution in [3.63, 3.8) is 0 Å². The Balaban J connectivity index is 1.88. The van der Waals surface area contributed by atoms with E-state index in [4.69, 9.17) is 11.6 Å². The van der Waals surface area contributed by atoms with E-state index in [2.05, 4.69) is 31.3 Å². The third kappa shape index (κ3) is 3.72. The van der Waals surface area contributed by atoms with Gasteiger partial charge in [-0.1, -0.05) is 36.7 Å². The van der Waals surface area contributed by atoms with Crippen molar-refractivity contribution in [1.29, 1.82) is 0 Å². The van der Waals surface area contributed by atoms with Crippen LogP contribution in [-0.2, 0) is 6.42 Å². The summed E-state index contributed by atoms with van der Waals surface area (Å²) in [5.74, 6) is 0.925. The SMILES string of the molecule is CCC(NC(C)Cc1ccccc1Cl)C1CC1. The molecule has 0 spiro atoms. The van der Waals surface area contributed by atoms with Gasteiger partial charge in [0.05, 0.1) is 0 Å². The fourth-order valence-corrected chi connectivity index (χ4v) is 2.72. The third-order valence-electron chi connectivity index (χ3n) is 3.61. The molecule has 1 saturated carbocycles. The quantitative estimate of drug-likeness (QED) is 0.804. The molecule has 1 aromatic carbocycles. The maximum atomic E-state index is 6.19. The lowest BCUT2D eigenvalue weighted by molar-refractivity contribution is 0.397. The van der Waals surface area contributed by atoms with Crippen LogP contribution in [0.2, 0.25) is 5.02 Å². The summed E-state index contributed by atoms with van der Waals surface area (Å²) in [4.78, 5) is 0. The Morgan fingerprint density at radius 2 is 2.06 bits per heavy atom. The molecule has 94 valence electrons. The maximum Gasteiger partial charge on any atom is 0.0438 e. The van der Waals surface area contributed by atoms with Gasteiger partial charge in [-0.15, -0.1) is 0 Å². The van der Waals surface area contributed by atoms with Gasteiger partial charge in [0, 0.05) is 17.1 Å². The highest BCUT2D eigenvalue weighted by atomic mass is 35.5. The van der Waals surface area contributed by atoms with Crippen LogP contribution in [0.3, 0.4) is 0 Å². The topological polar surface area (TPSA) is 12.0 Å². The van der Waals surface area contributed by atoms with Gasteiger partial charge in [0.1, 0.15) is 0 Å². The second-order valence-corrected chi connectivity index (χ2v) is 5.62. The predicted octanol–water partition coefficient (Wildman–Crippen LogP) is 4.05. The lowest BCUT2D eigenvalue weighted by Gasteiger charge is -2.22. The number of rotatable bonds is 6. The number of hydrogen-bond acceptors (Lipinski definition) is 1. The Morgan fingerprint density at radius 1 is 1.35 bits per heavy atom. The molecule has 1 N–H and O–H groups in total. The molecule has 0 aromatic heterocycles. The monoisotopic (exact) mass is 251 g/mol. The zero-order chi connectivity index (χ0) is 12.3. The molecular formula is C15H22ClN. The molecule has 0 bridgehead atoms. The smallest absolute Gasteiger partial charge is 0.0438 e. The average molecular weight is 252 g/mol. The summed E-state index contributed by atoms with van der Waals surface area (Å²) in [7, 11) is 0. The van der Waals surface area contributed by atoms with Crippen LogP contribution in [0.4, 0.5) is 0 Å². The summed E-state index contributed by atoms with van der Waals surface area (Å²) < 4.78 is 0. The highest BCUT2D eigenvalue weighted by Crippen LogP contribution is 2.34.